The van der Waals surface area contributed by atoms with Crippen LogP contribution in [0.2, 0.25) is 0 Å². The van der Waals surface area contributed by atoms with E-state index in [1.807, 2.05) is 18.2 Å². The third-order valence-corrected chi connectivity index (χ3v) is 5.51. The lowest BCUT2D eigenvalue weighted by atomic mass is 10.0. The molecule has 0 fully saturated rings. The normalized spacial score (nSPS) is 12.6. The summed E-state index contributed by atoms with van der Waals surface area (Å²) in [6.07, 6.45) is 0. The zero-order valence-electron chi connectivity index (χ0n) is 10.8. The van der Waals surface area contributed by atoms with Crippen LogP contribution in [0.5, 0.6) is 5.75 Å². The van der Waals surface area contributed by atoms with E-state index in [0.29, 0.717) is 0 Å². The summed E-state index contributed by atoms with van der Waals surface area (Å²) in [7, 11) is 1.68. The Labute approximate surface area is 135 Å². The molecule has 0 aliphatic carbocycles. The highest BCUT2D eigenvalue weighted by atomic mass is 79.9. The highest BCUT2D eigenvalue weighted by Gasteiger charge is 2.13. The molecule has 0 aliphatic rings. The third kappa shape index (κ3) is 2.71. The van der Waals surface area contributed by atoms with E-state index in [1.54, 1.807) is 18.4 Å². The van der Waals surface area contributed by atoms with Crippen LogP contribution >= 0.6 is 38.9 Å². The minimum atomic E-state index is -0.113. The third-order valence-electron chi connectivity index (χ3n) is 3.21. The number of benzene rings is 2. The van der Waals surface area contributed by atoms with Gasteiger partial charge in [0.1, 0.15) is 5.75 Å². The Hall–Kier alpha value is -1.03. The summed E-state index contributed by atoms with van der Waals surface area (Å²) in [6.45, 7) is 0. The topological polar surface area (TPSA) is 9.23 Å². The van der Waals surface area contributed by atoms with Crippen molar-refractivity contribution in [2.24, 2.45) is 0 Å². The summed E-state index contributed by atoms with van der Waals surface area (Å²) in [6, 6.07) is 16.5. The maximum absolute atomic E-state index is 6.57. The second kappa shape index (κ2) is 5.76. The maximum atomic E-state index is 6.57. The number of hydrogen-bond acceptors (Lipinski definition) is 2. The average Bonchev–Trinajstić information content (AvgIpc) is 2.92. The number of methoxy groups -OCH3 is 1. The molecule has 1 heterocycles. The van der Waals surface area contributed by atoms with Crippen molar-refractivity contribution >= 4 is 49.6 Å². The van der Waals surface area contributed by atoms with Gasteiger partial charge in [0, 0.05) is 4.88 Å². The van der Waals surface area contributed by atoms with Gasteiger partial charge in [0.2, 0.25) is 0 Å². The molecular weight excluding hydrogens is 356 g/mol. The van der Waals surface area contributed by atoms with Gasteiger partial charge >= 0.3 is 0 Å². The van der Waals surface area contributed by atoms with Crippen LogP contribution < -0.4 is 4.74 Å². The summed E-state index contributed by atoms with van der Waals surface area (Å²) < 4.78 is 6.34. The monoisotopic (exact) mass is 366 g/mol. The molecule has 0 saturated heterocycles. The Balaban J connectivity index is 2.00. The van der Waals surface area contributed by atoms with Crippen molar-refractivity contribution in [1.29, 1.82) is 0 Å². The molecule has 3 rings (SSSR count). The van der Waals surface area contributed by atoms with Crippen molar-refractivity contribution in [1.82, 2.24) is 0 Å². The summed E-state index contributed by atoms with van der Waals surface area (Å²) in [5, 5.41) is 2.21. The molecule has 1 atom stereocenters. The predicted molar refractivity (Wildman–Crippen MR) is 90.2 cm³/mol. The molecule has 0 amide bonds. The van der Waals surface area contributed by atoms with E-state index >= 15 is 0 Å². The molecular formula is C16H12BrClOS. The maximum Gasteiger partial charge on any atom is 0.119 e. The molecule has 2 aromatic carbocycles. The number of thiophene rings is 1. The fourth-order valence-electron chi connectivity index (χ4n) is 2.16. The SMILES string of the molecule is COc1ccc2cc(C(Cl)c3ccc(Br)s3)ccc2c1. The van der Waals surface area contributed by atoms with Crippen LogP contribution in [0.1, 0.15) is 15.8 Å². The van der Waals surface area contributed by atoms with Gasteiger partial charge in [-0.3, -0.25) is 0 Å². The highest BCUT2D eigenvalue weighted by molar-refractivity contribution is 9.11. The Morgan fingerprint density at radius 1 is 1.05 bits per heavy atom. The van der Waals surface area contributed by atoms with E-state index in [9.17, 15) is 0 Å². The van der Waals surface area contributed by atoms with Gasteiger partial charge in [-0.2, -0.15) is 0 Å². The van der Waals surface area contributed by atoms with Crippen molar-refractivity contribution < 1.29 is 4.74 Å². The lowest BCUT2D eigenvalue weighted by molar-refractivity contribution is 0.415. The van der Waals surface area contributed by atoms with Crippen LogP contribution in [-0.2, 0) is 0 Å². The second-order valence-corrected chi connectivity index (χ2v) is 7.41. The standard InChI is InChI=1S/C16H12BrClOS/c1-19-13-5-4-10-8-12(3-2-11(10)9-13)16(18)14-6-7-15(17)20-14/h2-9,16H,1H3. The number of hydrogen-bond donors (Lipinski definition) is 0. The molecule has 0 spiro atoms. The van der Waals surface area contributed by atoms with Crippen LogP contribution in [0, 0.1) is 0 Å². The van der Waals surface area contributed by atoms with E-state index in [0.717, 1.165) is 25.4 Å². The largest absolute Gasteiger partial charge is 0.497 e. The van der Waals surface area contributed by atoms with Gasteiger partial charge in [-0.1, -0.05) is 18.2 Å². The molecule has 4 heteroatoms. The summed E-state index contributed by atoms with van der Waals surface area (Å²) in [5.74, 6) is 0.870. The Morgan fingerprint density at radius 2 is 1.80 bits per heavy atom. The molecule has 1 unspecified atom stereocenters. The van der Waals surface area contributed by atoms with Crippen LogP contribution in [0.3, 0.4) is 0 Å². The lowest BCUT2D eigenvalue weighted by Gasteiger charge is -2.10. The summed E-state index contributed by atoms with van der Waals surface area (Å²) >= 11 is 11.7. The molecule has 0 N–H and O–H groups in total. The molecule has 0 aliphatic heterocycles. The van der Waals surface area contributed by atoms with Crippen molar-refractivity contribution in [2.75, 3.05) is 7.11 Å². The molecule has 1 aromatic heterocycles. The fraction of sp³-hybridized carbons (Fsp3) is 0.125. The van der Waals surface area contributed by atoms with Crippen LogP contribution in [0.15, 0.2) is 52.3 Å². The first-order valence-electron chi connectivity index (χ1n) is 6.14. The van der Waals surface area contributed by atoms with Gasteiger partial charge in [0.05, 0.1) is 16.3 Å². The fourth-order valence-corrected chi connectivity index (χ4v) is 3.93. The first kappa shape index (κ1) is 13.9. The first-order chi connectivity index (χ1) is 9.67. The Kier molecular flexibility index (Phi) is 4.01. The van der Waals surface area contributed by atoms with E-state index < -0.39 is 0 Å². The molecule has 0 bridgehead atoms. The van der Waals surface area contributed by atoms with Gasteiger partial charge < -0.3 is 4.74 Å². The number of halogens is 2. The van der Waals surface area contributed by atoms with Crippen molar-refractivity contribution in [2.45, 2.75) is 5.38 Å². The van der Waals surface area contributed by atoms with Crippen molar-refractivity contribution in [3.8, 4) is 5.75 Å². The molecule has 20 heavy (non-hydrogen) atoms. The summed E-state index contributed by atoms with van der Waals surface area (Å²) in [5.41, 5.74) is 1.11. The van der Waals surface area contributed by atoms with Crippen molar-refractivity contribution in [3.63, 3.8) is 0 Å². The molecule has 1 nitrogen and oxygen atoms in total. The number of fused-ring (bicyclic) bond motifs is 1. The average molecular weight is 368 g/mol. The van der Waals surface area contributed by atoms with Crippen molar-refractivity contribution in [3.05, 3.63) is 62.8 Å². The van der Waals surface area contributed by atoms with Gasteiger partial charge in [0.15, 0.2) is 0 Å². The minimum absolute atomic E-state index is 0.113. The Bertz CT molecular complexity index is 753. The molecule has 0 radical (unpaired) electrons. The zero-order valence-corrected chi connectivity index (χ0v) is 13.9. The first-order valence-corrected chi connectivity index (χ1v) is 8.19. The minimum Gasteiger partial charge on any atom is -0.497 e. The molecule has 3 aromatic rings. The van der Waals surface area contributed by atoms with Crippen LogP contribution in [0.25, 0.3) is 10.8 Å². The van der Waals surface area contributed by atoms with E-state index in [4.69, 9.17) is 16.3 Å². The highest BCUT2D eigenvalue weighted by Crippen LogP contribution is 2.36. The van der Waals surface area contributed by atoms with Gasteiger partial charge in [-0.15, -0.1) is 22.9 Å². The van der Waals surface area contributed by atoms with E-state index in [2.05, 4.69) is 46.3 Å². The molecule has 102 valence electrons. The lowest BCUT2D eigenvalue weighted by Crippen LogP contribution is -1.90. The Morgan fingerprint density at radius 3 is 2.50 bits per heavy atom. The van der Waals surface area contributed by atoms with Gasteiger partial charge in [0.25, 0.3) is 0 Å². The number of ether oxygens (including phenoxy) is 1. The van der Waals surface area contributed by atoms with E-state index in [-0.39, 0.29) is 5.38 Å². The zero-order chi connectivity index (χ0) is 14.1. The number of rotatable bonds is 3. The van der Waals surface area contributed by atoms with Crippen LogP contribution in [0.4, 0.5) is 0 Å². The van der Waals surface area contributed by atoms with Crippen LogP contribution in [-0.4, -0.2) is 7.11 Å². The molecule has 0 saturated carbocycles. The second-order valence-electron chi connectivity index (χ2n) is 4.48. The van der Waals surface area contributed by atoms with Gasteiger partial charge in [-0.25, -0.2) is 0 Å². The summed E-state index contributed by atoms with van der Waals surface area (Å²) in [4.78, 5) is 1.14. The van der Waals surface area contributed by atoms with Gasteiger partial charge in [-0.05, 0) is 62.6 Å². The smallest absolute Gasteiger partial charge is 0.119 e. The van der Waals surface area contributed by atoms with E-state index in [1.165, 1.54) is 5.39 Å². The number of alkyl halides is 1. The predicted octanol–water partition coefficient (Wildman–Crippen LogP) is 6.00. The quantitative estimate of drug-likeness (QED) is 0.516.